The number of nitrogens with one attached hydrogen (secondary N) is 2. The number of amides is 2. The van der Waals surface area contributed by atoms with Crippen LogP contribution in [0.3, 0.4) is 0 Å². The Morgan fingerprint density at radius 1 is 0.903 bits per heavy atom. The van der Waals surface area contributed by atoms with Crippen LogP contribution in [0.4, 0.5) is 5.69 Å². The maximum absolute atomic E-state index is 13.1. The van der Waals surface area contributed by atoms with Gasteiger partial charge >= 0.3 is 0 Å². The number of hydrogen-bond acceptors (Lipinski definition) is 4. The molecule has 154 valence electrons. The first-order valence-electron chi connectivity index (χ1n) is 10.3. The highest BCUT2D eigenvalue weighted by molar-refractivity contribution is 7.13. The molecule has 0 radical (unpaired) electrons. The first-order chi connectivity index (χ1) is 15.2. The molecule has 1 atom stereocenters. The van der Waals surface area contributed by atoms with Crippen LogP contribution >= 0.6 is 11.5 Å². The van der Waals surface area contributed by atoms with Crippen LogP contribution in [0, 0.1) is 0 Å². The number of fused-ring (bicyclic) bond motifs is 2. The molecule has 3 aromatic carbocycles. The van der Waals surface area contributed by atoms with Crippen molar-refractivity contribution in [1.82, 2.24) is 9.69 Å². The van der Waals surface area contributed by atoms with E-state index in [1.54, 1.807) is 18.2 Å². The van der Waals surface area contributed by atoms with Gasteiger partial charge in [-0.25, -0.2) is 0 Å². The second kappa shape index (κ2) is 8.32. The van der Waals surface area contributed by atoms with Crippen LogP contribution in [-0.4, -0.2) is 16.2 Å². The van der Waals surface area contributed by atoms with Gasteiger partial charge in [-0.2, -0.15) is 4.37 Å². The largest absolute Gasteiger partial charge is 0.345 e. The summed E-state index contributed by atoms with van der Waals surface area (Å²) in [6, 6.07) is 23.0. The van der Waals surface area contributed by atoms with Crippen LogP contribution in [0.1, 0.15) is 50.9 Å². The molecule has 0 bridgehead atoms. The van der Waals surface area contributed by atoms with Gasteiger partial charge in [0.1, 0.15) is 5.69 Å². The van der Waals surface area contributed by atoms with E-state index >= 15 is 0 Å². The standard InChI is InChI=1S/C25H21N3O2S/c29-24(26-20-14-7-9-16-8-1-2-10-17(16)20)18-11-3-5-13-21(18)27-25(30)23-19-12-4-6-15-22(19)31-28-23/h1-6,8,10-13,15,20H,7,9,14H2,(H,26,29)(H,27,30). The molecule has 1 aliphatic carbocycles. The zero-order chi connectivity index (χ0) is 21.2. The molecule has 2 N–H and O–H groups in total. The number of aromatic nitrogens is 1. The second-order valence-corrected chi connectivity index (χ2v) is 8.45. The van der Waals surface area contributed by atoms with Crippen LogP contribution in [0.15, 0.2) is 72.8 Å². The first kappa shape index (κ1) is 19.5. The highest BCUT2D eigenvalue weighted by Crippen LogP contribution is 2.30. The highest BCUT2D eigenvalue weighted by atomic mass is 32.1. The summed E-state index contributed by atoms with van der Waals surface area (Å²) < 4.78 is 5.27. The lowest BCUT2D eigenvalue weighted by molar-refractivity contribution is 0.0933. The van der Waals surface area contributed by atoms with E-state index in [0.29, 0.717) is 16.9 Å². The van der Waals surface area contributed by atoms with Gasteiger partial charge in [-0.1, -0.05) is 54.6 Å². The molecule has 1 aliphatic rings. The molecule has 6 heteroatoms. The summed E-state index contributed by atoms with van der Waals surface area (Å²) in [5, 5.41) is 6.86. The molecule has 31 heavy (non-hydrogen) atoms. The Hall–Kier alpha value is -3.51. The second-order valence-electron chi connectivity index (χ2n) is 7.64. The van der Waals surface area contributed by atoms with E-state index in [1.165, 1.54) is 22.7 Å². The molecule has 1 aromatic heterocycles. The van der Waals surface area contributed by atoms with Crippen molar-refractivity contribution in [1.29, 1.82) is 0 Å². The van der Waals surface area contributed by atoms with Gasteiger partial charge in [-0.3, -0.25) is 9.59 Å². The molecular formula is C25H21N3O2S. The number of aryl methyl sites for hydroxylation is 1. The molecule has 1 heterocycles. The van der Waals surface area contributed by atoms with E-state index in [0.717, 1.165) is 29.3 Å². The van der Waals surface area contributed by atoms with Gasteiger partial charge in [0.15, 0.2) is 0 Å². The number of benzene rings is 3. The Bertz CT molecular complexity index is 1280. The lowest BCUT2D eigenvalue weighted by atomic mass is 9.87. The molecule has 5 rings (SSSR count). The predicted molar refractivity (Wildman–Crippen MR) is 124 cm³/mol. The van der Waals surface area contributed by atoms with Gasteiger partial charge in [0.2, 0.25) is 0 Å². The smallest absolute Gasteiger partial charge is 0.276 e. The maximum Gasteiger partial charge on any atom is 0.276 e. The van der Waals surface area contributed by atoms with Gasteiger partial charge in [0, 0.05) is 5.39 Å². The van der Waals surface area contributed by atoms with E-state index in [9.17, 15) is 9.59 Å². The summed E-state index contributed by atoms with van der Waals surface area (Å²) in [6.07, 6.45) is 2.98. The molecule has 0 aliphatic heterocycles. The van der Waals surface area contributed by atoms with Crippen LogP contribution in [0.5, 0.6) is 0 Å². The van der Waals surface area contributed by atoms with Crippen LogP contribution in [0.2, 0.25) is 0 Å². The van der Waals surface area contributed by atoms with E-state index < -0.39 is 0 Å². The maximum atomic E-state index is 13.1. The van der Waals surface area contributed by atoms with E-state index in [-0.39, 0.29) is 17.9 Å². The summed E-state index contributed by atoms with van der Waals surface area (Å²) >= 11 is 1.29. The number of nitrogens with zero attached hydrogens (tertiary/aromatic N) is 1. The monoisotopic (exact) mass is 427 g/mol. The van der Waals surface area contributed by atoms with Gasteiger partial charge < -0.3 is 10.6 Å². The van der Waals surface area contributed by atoms with Gasteiger partial charge in [0.05, 0.1) is 22.0 Å². The molecule has 4 aromatic rings. The molecule has 2 amide bonds. The van der Waals surface area contributed by atoms with Crippen molar-refractivity contribution in [2.75, 3.05) is 5.32 Å². The minimum atomic E-state index is -0.319. The molecule has 1 unspecified atom stereocenters. The van der Waals surface area contributed by atoms with Crippen LogP contribution < -0.4 is 10.6 Å². The Balaban J connectivity index is 1.38. The van der Waals surface area contributed by atoms with Crippen molar-refractivity contribution >= 4 is 39.1 Å². The van der Waals surface area contributed by atoms with Gasteiger partial charge in [-0.05, 0) is 60.1 Å². The predicted octanol–water partition coefficient (Wildman–Crippen LogP) is 5.36. The topological polar surface area (TPSA) is 71.1 Å². The Labute approximate surface area is 184 Å². The lowest BCUT2D eigenvalue weighted by Gasteiger charge is -2.26. The Morgan fingerprint density at radius 3 is 2.61 bits per heavy atom. The van der Waals surface area contributed by atoms with Gasteiger partial charge in [0.25, 0.3) is 11.8 Å². The van der Waals surface area contributed by atoms with E-state index in [4.69, 9.17) is 0 Å². The van der Waals surface area contributed by atoms with Crippen molar-refractivity contribution in [3.63, 3.8) is 0 Å². The minimum absolute atomic E-state index is 0.0244. The fraction of sp³-hybridized carbons (Fsp3) is 0.160. The quantitative estimate of drug-likeness (QED) is 0.461. The molecule has 5 nitrogen and oxygen atoms in total. The number of carbonyl (C=O) groups excluding carboxylic acids is 2. The highest BCUT2D eigenvalue weighted by Gasteiger charge is 2.23. The number of hydrogen-bond donors (Lipinski definition) is 2. The fourth-order valence-corrected chi connectivity index (χ4v) is 4.93. The summed E-state index contributed by atoms with van der Waals surface area (Å²) in [7, 11) is 0. The van der Waals surface area contributed by atoms with Crippen molar-refractivity contribution in [2.24, 2.45) is 0 Å². The zero-order valence-corrected chi connectivity index (χ0v) is 17.6. The molecule has 0 saturated heterocycles. The summed E-state index contributed by atoms with van der Waals surface area (Å²) in [5.74, 6) is -0.513. The van der Waals surface area contributed by atoms with Crippen molar-refractivity contribution in [3.8, 4) is 0 Å². The molecule has 0 fully saturated rings. The lowest BCUT2D eigenvalue weighted by Crippen LogP contribution is -2.31. The Morgan fingerprint density at radius 2 is 1.68 bits per heavy atom. The van der Waals surface area contributed by atoms with Crippen LogP contribution in [-0.2, 0) is 6.42 Å². The fourth-order valence-electron chi connectivity index (χ4n) is 4.16. The number of carbonyl (C=O) groups is 2. The Kier molecular flexibility index (Phi) is 5.22. The zero-order valence-electron chi connectivity index (χ0n) is 16.8. The average molecular weight is 428 g/mol. The third-order valence-corrected chi connectivity index (χ3v) is 6.51. The normalized spacial score (nSPS) is 15.3. The average Bonchev–Trinajstić information content (AvgIpc) is 3.24. The van der Waals surface area contributed by atoms with Crippen LogP contribution in [0.25, 0.3) is 10.1 Å². The third kappa shape index (κ3) is 3.82. The van der Waals surface area contributed by atoms with E-state index in [1.807, 2.05) is 42.5 Å². The van der Waals surface area contributed by atoms with Gasteiger partial charge in [-0.15, -0.1) is 0 Å². The summed E-state index contributed by atoms with van der Waals surface area (Å²) in [5.41, 5.74) is 3.76. The number of para-hydroxylation sites is 1. The van der Waals surface area contributed by atoms with Crippen molar-refractivity contribution in [2.45, 2.75) is 25.3 Å². The minimum Gasteiger partial charge on any atom is -0.345 e. The van der Waals surface area contributed by atoms with Crippen molar-refractivity contribution < 1.29 is 9.59 Å². The molecular weight excluding hydrogens is 406 g/mol. The number of anilines is 1. The molecule has 0 spiro atoms. The molecule has 0 saturated carbocycles. The third-order valence-electron chi connectivity index (χ3n) is 5.69. The summed E-state index contributed by atoms with van der Waals surface area (Å²) in [4.78, 5) is 26.1. The van der Waals surface area contributed by atoms with Crippen molar-refractivity contribution in [3.05, 3.63) is 95.2 Å². The van der Waals surface area contributed by atoms with E-state index in [2.05, 4.69) is 27.1 Å². The first-order valence-corrected chi connectivity index (χ1v) is 11.1. The summed E-state index contributed by atoms with van der Waals surface area (Å²) in [6.45, 7) is 0. The number of rotatable bonds is 4. The SMILES string of the molecule is O=C(NC1CCCc2ccccc21)c1ccccc1NC(=O)c1nsc2ccccc12.